The van der Waals surface area contributed by atoms with Gasteiger partial charge in [0.1, 0.15) is 5.82 Å². The van der Waals surface area contributed by atoms with E-state index in [2.05, 4.69) is 20.0 Å². The summed E-state index contributed by atoms with van der Waals surface area (Å²) in [6.07, 6.45) is 0.423. The van der Waals surface area contributed by atoms with Gasteiger partial charge >= 0.3 is 5.97 Å². The monoisotopic (exact) mass is 343 g/mol. The molecule has 25 heavy (non-hydrogen) atoms. The number of carbonyl (C=O) groups is 2. The molecule has 0 fully saturated rings. The van der Waals surface area contributed by atoms with Gasteiger partial charge in [-0.15, -0.1) is 0 Å². The number of rotatable bonds is 5. The summed E-state index contributed by atoms with van der Waals surface area (Å²) in [4.78, 5) is 42.6. The van der Waals surface area contributed by atoms with Crippen molar-refractivity contribution in [3.63, 3.8) is 0 Å². The van der Waals surface area contributed by atoms with Crippen LogP contribution in [0.15, 0.2) is 23.0 Å². The summed E-state index contributed by atoms with van der Waals surface area (Å²) >= 11 is 0. The van der Waals surface area contributed by atoms with E-state index in [9.17, 15) is 14.4 Å². The molecule has 0 aliphatic carbocycles. The third-order valence-corrected chi connectivity index (χ3v) is 3.88. The Morgan fingerprint density at radius 1 is 1.24 bits per heavy atom. The maximum atomic E-state index is 12.2. The number of esters is 1. The van der Waals surface area contributed by atoms with E-state index >= 15 is 0 Å². The number of anilines is 1. The van der Waals surface area contributed by atoms with Crippen molar-refractivity contribution in [3.05, 3.63) is 56.8 Å². The Hall–Kier alpha value is -2.96. The molecule has 2 aromatic rings. The standard InChI is InChI=1S/C18H21N3O4/c1-10-5-6-13(18(24)25-4)9-15(10)21-16(22)8-7-14-11(2)19-12(3)20-17(14)23/h5-6,9H,7-8H2,1-4H3,(H,21,22)(H,19,20,23). The second-order valence-corrected chi connectivity index (χ2v) is 5.78. The highest BCUT2D eigenvalue weighted by atomic mass is 16.5. The Morgan fingerprint density at radius 3 is 2.60 bits per heavy atom. The van der Waals surface area contributed by atoms with Crippen LogP contribution in [-0.4, -0.2) is 29.0 Å². The molecule has 0 aliphatic rings. The van der Waals surface area contributed by atoms with Crippen molar-refractivity contribution < 1.29 is 14.3 Å². The van der Waals surface area contributed by atoms with Gasteiger partial charge in [-0.05, 0) is 44.9 Å². The highest BCUT2D eigenvalue weighted by molar-refractivity contribution is 5.95. The number of amides is 1. The largest absolute Gasteiger partial charge is 0.465 e. The molecular weight excluding hydrogens is 322 g/mol. The summed E-state index contributed by atoms with van der Waals surface area (Å²) < 4.78 is 4.68. The van der Waals surface area contributed by atoms with Crippen molar-refractivity contribution in [2.75, 3.05) is 12.4 Å². The molecule has 0 spiro atoms. The van der Waals surface area contributed by atoms with E-state index in [0.29, 0.717) is 28.3 Å². The van der Waals surface area contributed by atoms with Crippen molar-refractivity contribution in [2.45, 2.75) is 33.6 Å². The molecule has 132 valence electrons. The van der Waals surface area contributed by atoms with Gasteiger partial charge in [0, 0.05) is 23.4 Å². The second kappa shape index (κ2) is 7.74. The Morgan fingerprint density at radius 2 is 1.96 bits per heavy atom. The molecule has 2 rings (SSSR count). The van der Waals surface area contributed by atoms with Crippen LogP contribution < -0.4 is 10.9 Å². The first-order valence-corrected chi connectivity index (χ1v) is 7.87. The molecule has 0 bridgehead atoms. The molecule has 7 nitrogen and oxygen atoms in total. The van der Waals surface area contributed by atoms with E-state index in [0.717, 1.165) is 5.56 Å². The maximum Gasteiger partial charge on any atom is 0.337 e. The number of methoxy groups -OCH3 is 1. The topological polar surface area (TPSA) is 101 Å². The number of H-pyrrole nitrogens is 1. The third-order valence-electron chi connectivity index (χ3n) is 3.88. The number of hydrogen-bond acceptors (Lipinski definition) is 5. The average molecular weight is 343 g/mol. The molecule has 0 saturated carbocycles. The summed E-state index contributed by atoms with van der Waals surface area (Å²) in [5, 5.41) is 2.77. The molecule has 0 unspecified atom stereocenters. The number of benzene rings is 1. The van der Waals surface area contributed by atoms with Gasteiger partial charge in [0.2, 0.25) is 5.91 Å². The molecule has 1 amide bonds. The van der Waals surface area contributed by atoms with E-state index < -0.39 is 5.97 Å². The Labute approximate surface area is 145 Å². The zero-order valence-electron chi connectivity index (χ0n) is 14.7. The second-order valence-electron chi connectivity index (χ2n) is 5.78. The summed E-state index contributed by atoms with van der Waals surface area (Å²) in [5.41, 5.74) is 2.63. The molecule has 1 heterocycles. The van der Waals surface area contributed by atoms with Crippen LogP contribution in [-0.2, 0) is 16.0 Å². The van der Waals surface area contributed by atoms with Gasteiger partial charge in [-0.25, -0.2) is 9.78 Å². The summed E-state index contributed by atoms with van der Waals surface area (Å²) in [7, 11) is 1.30. The van der Waals surface area contributed by atoms with Crippen LogP contribution in [0.2, 0.25) is 0 Å². The minimum Gasteiger partial charge on any atom is -0.465 e. The van der Waals surface area contributed by atoms with Crippen molar-refractivity contribution in [1.29, 1.82) is 0 Å². The molecule has 1 aromatic heterocycles. The molecule has 1 aromatic carbocycles. The van der Waals surface area contributed by atoms with E-state index in [-0.39, 0.29) is 24.3 Å². The lowest BCUT2D eigenvalue weighted by molar-refractivity contribution is -0.116. The van der Waals surface area contributed by atoms with Gasteiger partial charge in [0.25, 0.3) is 5.56 Å². The average Bonchev–Trinajstić information content (AvgIpc) is 2.55. The molecule has 7 heteroatoms. The zero-order chi connectivity index (χ0) is 18.6. The zero-order valence-corrected chi connectivity index (χ0v) is 14.7. The van der Waals surface area contributed by atoms with E-state index in [1.54, 1.807) is 32.0 Å². The first-order chi connectivity index (χ1) is 11.8. The fraction of sp³-hybridized carbons (Fsp3) is 0.333. The highest BCUT2D eigenvalue weighted by Gasteiger charge is 2.12. The number of ether oxygens (including phenoxy) is 1. The molecule has 2 N–H and O–H groups in total. The number of hydrogen-bond donors (Lipinski definition) is 2. The summed E-state index contributed by atoms with van der Waals surface area (Å²) in [6.45, 7) is 5.29. The SMILES string of the molecule is COC(=O)c1ccc(C)c(NC(=O)CCc2c(C)nc(C)[nH]c2=O)c1. The highest BCUT2D eigenvalue weighted by Crippen LogP contribution is 2.18. The van der Waals surface area contributed by atoms with E-state index in [1.165, 1.54) is 7.11 Å². The lowest BCUT2D eigenvalue weighted by Crippen LogP contribution is -2.20. The van der Waals surface area contributed by atoms with Crippen molar-refractivity contribution in [2.24, 2.45) is 0 Å². The van der Waals surface area contributed by atoms with Crippen LogP contribution in [0.25, 0.3) is 0 Å². The van der Waals surface area contributed by atoms with Crippen molar-refractivity contribution in [3.8, 4) is 0 Å². The Bertz CT molecular complexity index is 871. The predicted molar refractivity (Wildman–Crippen MR) is 93.8 cm³/mol. The molecule has 0 radical (unpaired) electrons. The number of nitrogens with zero attached hydrogens (tertiary/aromatic N) is 1. The number of aryl methyl sites for hydroxylation is 3. The van der Waals surface area contributed by atoms with Crippen LogP contribution in [0.5, 0.6) is 0 Å². The number of aromatic nitrogens is 2. The molecule has 0 atom stereocenters. The van der Waals surface area contributed by atoms with Gasteiger partial charge in [-0.3, -0.25) is 9.59 Å². The lowest BCUT2D eigenvalue weighted by Gasteiger charge is -2.10. The fourth-order valence-corrected chi connectivity index (χ4v) is 2.50. The van der Waals surface area contributed by atoms with Crippen LogP contribution in [0.4, 0.5) is 5.69 Å². The number of aromatic amines is 1. The van der Waals surface area contributed by atoms with Gasteiger partial charge in [0.15, 0.2) is 0 Å². The molecule has 0 aliphatic heterocycles. The fourth-order valence-electron chi connectivity index (χ4n) is 2.50. The third kappa shape index (κ3) is 4.53. The van der Waals surface area contributed by atoms with Crippen LogP contribution in [0.3, 0.4) is 0 Å². The van der Waals surface area contributed by atoms with Crippen molar-refractivity contribution in [1.82, 2.24) is 9.97 Å². The van der Waals surface area contributed by atoms with Crippen LogP contribution >= 0.6 is 0 Å². The Kier molecular flexibility index (Phi) is 5.69. The van der Waals surface area contributed by atoms with Gasteiger partial charge in [-0.1, -0.05) is 6.07 Å². The van der Waals surface area contributed by atoms with Crippen LogP contribution in [0.1, 0.15) is 39.4 Å². The minimum absolute atomic E-state index is 0.135. The lowest BCUT2D eigenvalue weighted by atomic mass is 10.1. The summed E-state index contributed by atoms with van der Waals surface area (Å²) in [6, 6.07) is 4.95. The van der Waals surface area contributed by atoms with Crippen molar-refractivity contribution >= 4 is 17.6 Å². The first kappa shape index (κ1) is 18.4. The first-order valence-electron chi connectivity index (χ1n) is 7.87. The summed E-state index contributed by atoms with van der Waals surface area (Å²) in [5.74, 6) is -0.168. The van der Waals surface area contributed by atoms with E-state index in [4.69, 9.17) is 0 Å². The predicted octanol–water partition coefficient (Wildman–Crippen LogP) is 2.05. The molecular formula is C18H21N3O4. The quantitative estimate of drug-likeness (QED) is 0.809. The maximum absolute atomic E-state index is 12.2. The Balaban J connectivity index is 2.09. The van der Waals surface area contributed by atoms with E-state index in [1.807, 2.05) is 6.92 Å². The van der Waals surface area contributed by atoms with Gasteiger partial charge in [-0.2, -0.15) is 0 Å². The molecule has 0 saturated heterocycles. The van der Waals surface area contributed by atoms with Gasteiger partial charge in [0.05, 0.1) is 12.7 Å². The van der Waals surface area contributed by atoms with Crippen LogP contribution in [0, 0.1) is 20.8 Å². The number of carbonyl (C=O) groups excluding carboxylic acids is 2. The normalized spacial score (nSPS) is 10.4. The van der Waals surface area contributed by atoms with Gasteiger partial charge < -0.3 is 15.0 Å². The minimum atomic E-state index is -0.469. The number of nitrogens with one attached hydrogen (secondary N) is 2. The smallest absolute Gasteiger partial charge is 0.337 e.